The summed E-state index contributed by atoms with van der Waals surface area (Å²) in [4.78, 5) is 32.7. The van der Waals surface area contributed by atoms with E-state index in [-0.39, 0.29) is 34.8 Å². The van der Waals surface area contributed by atoms with Gasteiger partial charge in [0.15, 0.2) is 0 Å². The Morgan fingerprint density at radius 2 is 1.90 bits per heavy atom. The summed E-state index contributed by atoms with van der Waals surface area (Å²) in [5.74, 6) is 0.000811. The smallest absolute Gasteiger partial charge is 0.410 e. The topological polar surface area (TPSA) is 118 Å². The van der Waals surface area contributed by atoms with Crippen molar-refractivity contribution in [1.29, 1.82) is 0 Å². The number of likely N-dealkylation sites (N-methyl/N-ethyl adjacent to an activating group) is 1. The summed E-state index contributed by atoms with van der Waals surface area (Å²) in [5, 5.41) is 0.704. The highest BCUT2D eigenvalue weighted by atomic mass is 35.5. The highest BCUT2D eigenvalue weighted by Crippen LogP contribution is 2.47. The molecule has 1 N–H and O–H groups in total. The SMILES string of the molecule is CN(C)C1CN(C(=O)O[C@H]2/C=C\COC(C)(C)C(=O)NS(=O)(=O)c3ccc4c(c3)N(C[C@@H]3CC[C@H]32)C[C@@]2(CCCc3cc(Cl)ccc32)CO4)C1. The molecule has 270 valence electrons. The fourth-order valence-electron chi connectivity index (χ4n) is 8.00. The van der Waals surface area contributed by atoms with Crippen LogP contribution in [0.3, 0.4) is 0 Å². The predicted octanol–water partition coefficient (Wildman–Crippen LogP) is 4.76. The first kappa shape index (κ1) is 35.1. The van der Waals surface area contributed by atoms with Crippen LogP contribution in [0.5, 0.6) is 5.75 Å². The van der Waals surface area contributed by atoms with E-state index >= 15 is 0 Å². The number of hydrogen-bond acceptors (Lipinski definition) is 9. The molecule has 3 aliphatic heterocycles. The molecule has 7 rings (SSSR count). The molecule has 2 aromatic rings. The zero-order valence-corrected chi connectivity index (χ0v) is 30.8. The van der Waals surface area contributed by atoms with Crippen molar-refractivity contribution in [2.24, 2.45) is 11.8 Å². The summed E-state index contributed by atoms with van der Waals surface area (Å²) in [7, 11) is -0.220. The number of benzene rings is 2. The molecular weight excluding hydrogens is 680 g/mol. The number of fused-ring (bicyclic) bond motifs is 4. The normalized spacial score (nSPS) is 29.7. The van der Waals surface area contributed by atoms with Crippen molar-refractivity contribution in [3.8, 4) is 5.75 Å². The first-order chi connectivity index (χ1) is 23.7. The Morgan fingerprint density at radius 1 is 1.10 bits per heavy atom. The number of nitrogens with one attached hydrogen (secondary N) is 1. The zero-order chi connectivity index (χ0) is 35.4. The maximum atomic E-state index is 13.6. The van der Waals surface area contributed by atoms with Gasteiger partial charge in [0.1, 0.15) is 17.5 Å². The van der Waals surface area contributed by atoms with Gasteiger partial charge < -0.3 is 28.9 Å². The molecule has 13 heteroatoms. The minimum atomic E-state index is -4.24. The molecule has 1 spiro atoms. The second kappa shape index (κ2) is 13.3. The Kier molecular flexibility index (Phi) is 9.36. The number of hydrogen-bond donors (Lipinski definition) is 1. The molecule has 4 atom stereocenters. The quantitative estimate of drug-likeness (QED) is 0.438. The van der Waals surface area contributed by atoms with E-state index in [1.54, 1.807) is 23.1 Å². The van der Waals surface area contributed by atoms with Gasteiger partial charge in [-0.05, 0) is 113 Å². The summed E-state index contributed by atoms with van der Waals surface area (Å²) in [6.45, 7) is 5.97. The molecule has 11 nitrogen and oxygen atoms in total. The van der Waals surface area contributed by atoms with Gasteiger partial charge in [0.25, 0.3) is 15.9 Å². The van der Waals surface area contributed by atoms with E-state index in [2.05, 4.69) is 26.7 Å². The molecule has 2 amide bonds. The van der Waals surface area contributed by atoms with Crippen molar-refractivity contribution in [3.63, 3.8) is 0 Å². The average Bonchev–Trinajstić information content (AvgIpc) is 3.16. The molecule has 3 heterocycles. The Hall–Kier alpha value is -3.32. The van der Waals surface area contributed by atoms with E-state index in [1.807, 2.05) is 26.2 Å². The molecule has 0 unspecified atom stereocenters. The van der Waals surface area contributed by atoms with Crippen LogP contribution >= 0.6 is 11.6 Å². The first-order valence-electron chi connectivity index (χ1n) is 17.6. The maximum absolute atomic E-state index is 13.6. The first-order valence-corrected chi connectivity index (χ1v) is 19.4. The summed E-state index contributed by atoms with van der Waals surface area (Å²) >= 11 is 6.44. The highest BCUT2D eigenvalue weighted by molar-refractivity contribution is 7.90. The van der Waals surface area contributed by atoms with Gasteiger partial charge in [-0.3, -0.25) is 4.79 Å². The Labute approximate surface area is 299 Å². The lowest BCUT2D eigenvalue weighted by molar-refractivity contribution is -0.139. The van der Waals surface area contributed by atoms with Crippen LogP contribution in [-0.2, 0) is 36.1 Å². The largest absolute Gasteiger partial charge is 0.490 e. The van der Waals surface area contributed by atoms with Crippen LogP contribution in [-0.4, -0.2) is 101 Å². The van der Waals surface area contributed by atoms with Crippen LogP contribution < -0.4 is 14.4 Å². The molecule has 50 heavy (non-hydrogen) atoms. The molecule has 0 aromatic heterocycles. The summed E-state index contributed by atoms with van der Waals surface area (Å²) in [5.41, 5.74) is 1.28. The second-order valence-corrected chi connectivity index (χ2v) is 17.4. The van der Waals surface area contributed by atoms with Crippen molar-refractivity contribution in [3.05, 3.63) is 64.7 Å². The lowest BCUT2D eigenvalue weighted by Gasteiger charge is -2.47. The van der Waals surface area contributed by atoms with Crippen molar-refractivity contribution in [1.82, 2.24) is 14.5 Å². The molecule has 2 aromatic carbocycles. The van der Waals surface area contributed by atoms with Crippen LogP contribution in [0, 0.1) is 11.8 Å². The zero-order valence-electron chi connectivity index (χ0n) is 29.2. The number of halogens is 1. The number of rotatable bonds is 2. The van der Waals surface area contributed by atoms with Gasteiger partial charge in [0, 0.05) is 48.6 Å². The van der Waals surface area contributed by atoms with E-state index < -0.39 is 27.6 Å². The molecule has 5 aliphatic rings. The van der Waals surface area contributed by atoms with Crippen molar-refractivity contribution in [2.45, 2.75) is 74.0 Å². The lowest BCUT2D eigenvalue weighted by atomic mass is 9.68. The minimum absolute atomic E-state index is 0.0321. The third-order valence-electron chi connectivity index (χ3n) is 11.4. The summed E-state index contributed by atoms with van der Waals surface area (Å²) in [6, 6.07) is 11.2. The molecule has 0 radical (unpaired) electrons. The number of likely N-dealkylation sites (tertiary alicyclic amines) is 1. The maximum Gasteiger partial charge on any atom is 0.410 e. The van der Waals surface area contributed by atoms with E-state index in [4.69, 9.17) is 25.8 Å². The molecular formula is C37H47ClN4O7S. The van der Waals surface area contributed by atoms with Crippen LogP contribution in [0.25, 0.3) is 0 Å². The van der Waals surface area contributed by atoms with Gasteiger partial charge >= 0.3 is 6.09 Å². The third kappa shape index (κ3) is 6.71. The van der Waals surface area contributed by atoms with E-state index in [1.165, 1.54) is 31.0 Å². The summed E-state index contributed by atoms with van der Waals surface area (Å²) in [6.07, 6.45) is 7.43. The second-order valence-electron chi connectivity index (χ2n) is 15.3. The number of sulfonamides is 1. The Bertz CT molecular complexity index is 1790. The van der Waals surface area contributed by atoms with Gasteiger partial charge in [-0.15, -0.1) is 0 Å². The monoisotopic (exact) mass is 726 g/mol. The van der Waals surface area contributed by atoms with Crippen molar-refractivity contribution >= 4 is 39.3 Å². The molecule has 2 fully saturated rings. The number of carbonyl (C=O) groups excluding carboxylic acids is 2. The van der Waals surface area contributed by atoms with Gasteiger partial charge in [-0.2, -0.15) is 0 Å². The van der Waals surface area contributed by atoms with Crippen molar-refractivity contribution in [2.75, 3.05) is 58.4 Å². The molecule has 1 saturated heterocycles. The van der Waals surface area contributed by atoms with E-state index in [0.717, 1.165) is 32.1 Å². The van der Waals surface area contributed by atoms with Gasteiger partial charge in [0.05, 0.1) is 23.8 Å². The van der Waals surface area contributed by atoms with Crippen LogP contribution in [0.1, 0.15) is 50.7 Å². The van der Waals surface area contributed by atoms with Gasteiger partial charge in [0.2, 0.25) is 0 Å². The van der Waals surface area contributed by atoms with E-state index in [0.29, 0.717) is 55.3 Å². The summed E-state index contributed by atoms with van der Waals surface area (Å²) < 4.78 is 48.2. The lowest BCUT2D eigenvalue weighted by Crippen LogP contribution is -2.60. The molecule has 2 aliphatic carbocycles. The van der Waals surface area contributed by atoms with Gasteiger partial charge in [-0.1, -0.05) is 23.7 Å². The number of ether oxygens (including phenoxy) is 3. The predicted molar refractivity (Wildman–Crippen MR) is 190 cm³/mol. The Morgan fingerprint density at radius 3 is 2.64 bits per heavy atom. The fourth-order valence-corrected chi connectivity index (χ4v) is 9.32. The number of carbonyl (C=O) groups is 2. The number of anilines is 1. The number of nitrogens with zero attached hydrogens (tertiary/aromatic N) is 3. The molecule has 1 saturated carbocycles. The third-order valence-corrected chi connectivity index (χ3v) is 13.0. The molecule has 2 bridgehead atoms. The highest BCUT2D eigenvalue weighted by Gasteiger charge is 2.46. The average molecular weight is 727 g/mol. The standard InChI is InChI=1S/C37H47ClN4O7S/c1-36(2)34(43)39-50(45,46)28-11-14-33-31(18-28)42(22-37(23-47-33)15-5-7-24-17-26(38)10-13-30(24)37)19-25-9-12-29(25)32(8-6-16-48-36)49-35(44)41-20-27(21-41)40(3)4/h6,8,10-11,13-14,17-18,25,27,29,32H,5,7,9,12,15-16,19-23H2,1-4H3,(H,39,43)/b8-6-/t25-,29+,32-,37-/m0/s1. The number of aryl methyl sites for hydroxylation is 1. The van der Waals surface area contributed by atoms with Gasteiger partial charge in [-0.25, -0.2) is 17.9 Å². The van der Waals surface area contributed by atoms with Crippen molar-refractivity contribution < 1.29 is 32.2 Å². The minimum Gasteiger partial charge on any atom is -0.490 e. The fraction of sp³-hybridized carbons (Fsp3) is 0.568. The van der Waals surface area contributed by atoms with E-state index in [9.17, 15) is 18.0 Å². The Balaban J connectivity index is 1.26. The van der Waals surface area contributed by atoms with Crippen LogP contribution in [0.2, 0.25) is 5.02 Å². The van der Waals surface area contributed by atoms with Crippen LogP contribution in [0.15, 0.2) is 53.4 Å². The number of amides is 2. The van der Waals surface area contributed by atoms with Crippen LogP contribution in [0.4, 0.5) is 10.5 Å².